The van der Waals surface area contributed by atoms with Crippen molar-refractivity contribution in [3.63, 3.8) is 0 Å². The zero-order valence-electron chi connectivity index (χ0n) is 17.3. The molecule has 5 aromatic rings. The largest absolute Gasteiger partial charge is 0.508 e. The molecule has 0 aliphatic heterocycles. The molecule has 5 aromatic carbocycles. The Kier molecular flexibility index (Phi) is 5.01. The molecule has 0 aliphatic carbocycles. The van der Waals surface area contributed by atoms with Gasteiger partial charge in [-0.3, -0.25) is 0 Å². The molecule has 0 fully saturated rings. The molecule has 31 heavy (non-hydrogen) atoms. The highest BCUT2D eigenvalue weighted by Gasteiger charge is 2.36. The van der Waals surface area contributed by atoms with Crippen molar-refractivity contribution < 1.29 is 5.11 Å². The van der Waals surface area contributed by atoms with E-state index < -0.39 is 0 Å². The molecule has 1 nitrogen and oxygen atoms in total. The standard InChI is InChI=1S/C30H24O/c31-29-19-18-24-20-23(16-17-25(24)21-29)22-30(26-10-4-1-5-11-26,27-12-6-2-7-13-27)28-14-8-3-9-15-28/h1-21,31H,22H2. The van der Waals surface area contributed by atoms with Crippen molar-refractivity contribution in [3.8, 4) is 5.75 Å². The second-order valence-electron chi connectivity index (χ2n) is 8.05. The van der Waals surface area contributed by atoms with E-state index in [1.807, 2.05) is 12.1 Å². The molecule has 1 heteroatoms. The molecule has 0 saturated carbocycles. The summed E-state index contributed by atoms with van der Waals surface area (Å²) in [6.45, 7) is 0. The number of aromatic hydroxyl groups is 1. The predicted octanol–water partition coefficient (Wildman–Crippen LogP) is 7.12. The topological polar surface area (TPSA) is 20.2 Å². The Balaban J connectivity index is 1.75. The van der Waals surface area contributed by atoms with Gasteiger partial charge in [-0.1, -0.05) is 115 Å². The normalized spacial score (nSPS) is 11.5. The first-order valence-electron chi connectivity index (χ1n) is 10.6. The van der Waals surface area contributed by atoms with Crippen molar-refractivity contribution >= 4 is 10.8 Å². The van der Waals surface area contributed by atoms with Gasteiger partial charge in [-0.15, -0.1) is 0 Å². The van der Waals surface area contributed by atoms with Gasteiger partial charge >= 0.3 is 0 Å². The van der Waals surface area contributed by atoms with Crippen LogP contribution in [0.5, 0.6) is 5.75 Å². The first kappa shape index (κ1) is 19.1. The molecule has 5 rings (SSSR count). The SMILES string of the molecule is Oc1ccc2cc(CC(c3ccccc3)(c3ccccc3)c3ccccc3)ccc2c1. The molecular weight excluding hydrogens is 376 g/mol. The molecule has 0 unspecified atom stereocenters. The predicted molar refractivity (Wildman–Crippen MR) is 129 cm³/mol. The minimum absolute atomic E-state index is 0.299. The van der Waals surface area contributed by atoms with Gasteiger partial charge in [0.15, 0.2) is 0 Å². The Hall–Kier alpha value is -3.84. The van der Waals surface area contributed by atoms with Crippen LogP contribution < -0.4 is 0 Å². The Morgan fingerprint density at radius 1 is 0.484 bits per heavy atom. The van der Waals surface area contributed by atoms with E-state index in [1.54, 1.807) is 6.07 Å². The Morgan fingerprint density at radius 3 is 1.45 bits per heavy atom. The van der Waals surface area contributed by atoms with Crippen LogP contribution in [0.1, 0.15) is 22.3 Å². The van der Waals surface area contributed by atoms with Crippen molar-refractivity contribution in [2.45, 2.75) is 11.8 Å². The Labute approximate surface area is 183 Å². The van der Waals surface area contributed by atoms with Gasteiger partial charge in [0.1, 0.15) is 5.75 Å². The second kappa shape index (κ2) is 8.12. The van der Waals surface area contributed by atoms with Crippen LogP contribution in [0.15, 0.2) is 127 Å². The Bertz CT molecular complexity index is 1200. The molecule has 0 amide bonds. The van der Waals surface area contributed by atoms with Gasteiger partial charge in [0.05, 0.1) is 0 Å². The lowest BCUT2D eigenvalue weighted by molar-refractivity contribution is 0.476. The number of hydrogen-bond acceptors (Lipinski definition) is 1. The maximum atomic E-state index is 9.83. The summed E-state index contributed by atoms with van der Waals surface area (Å²) in [7, 11) is 0. The molecule has 0 spiro atoms. The second-order valence-corrected chi connectivity index (χ2v) is 8.05. The number of phenols is 1. The van der Waals surface area contributed by atoms with Gasteiger partial charge in [-0.25, -0.2) is 0 Å². The third-order valence-corrected chi connectivity index (χ3v) is 6.16. The number of rotatable bonds is 5. The number of hydrogen-bond donors (Lipinski definition) is 1. The monoisotopic (exact) mass is 400 g/mol. The molecule has 0 aromatic heterocycles. The van der Waals surface area contributed by atoms with E-state index in [4.69, 9.17) is 0 Å². The summed E-state index contributed by atoms with van der Waals surface area (Å²) in [5, 5.41) is 12.0. The van der Waals surface area contributed by atoms with E-state index in [1.165, 1.54) is 22.3 Å². The van der Waals surface area contributed by atoms with Gasteiger partial charge in [0.25, 0.3) is 0 Å². The van der Waals surface area contributed by atoms with Crippen molar-refractivity contribution in [2.24, 2.45) is 0 Å². The quantitative estimate of drug-likeness (QED) is 0.311. The number of benzene rings is 5. The van der Waals surface area contributed by atoms with Crippen LogP contribution in [-0.4, -0.2) is 5.11 Å². The van der Waals surface area contributed by atoms with Crippen molar-refractivity contribution in [3.05, 3.63) is 150 Å². The summed E-state index contributed by atoms with van der Waals surface area (Å²) in [6, 6.07) is 44.5. The van der Waals surface area contributed by atoms with Gasteiger partial charge in [-0.2, -0.15) is 0 Å². The fourth-order valence-corrected chi connectivity index (χ4v) is 4.67. The number of fused-ring (bicyclic) bond motifs is 1. The van der Waals surface area contributed by atoms with Crippen LogP contribution in [0.2, 0.25) is 0 Å². The average molecular weight is 401 g/mol. The first-order valence-corrected chi connectivity index (χ1v) is 10.6. The third-order valence-electron chi connectivity index (χ3n) is 6.16. The van der Waals surface area contributed by atoms with Crippen molar-refractivity contribution in [1.82, 2.24) is 0 Å². The summed E-state index contributed by atoms with van der Waals surface area (Å²) < 4.78 is 0. The maximum absolute atomic E-state index is 9.83. The van der Waals surface area contributed by atoms with Crippen LogP contribution in [0.3, 0.4) is 0 Å². The molecule has 0 atom stereocenters. The minimum Gasteiger partial charge on any atom is -0.508 e. The molecular formula is C30H24O. The summed E-state index contributed by atoms with van der Waals surface area (Å²) in [6.07, 6.45) is 0.835. The lowest BCUT2D eigenvalue weighted by Crippen LogP contribution is -2.32. The third kappa shape index (κ3) is 3.60. The van der Waals surface area contributed by atoms with Gasteiger partial charge in [-0.05, 0) is 51.6 Å². The van der Waals surface area contributed by atoms with Gasteiger partial charge in [0, 0.05) is 5.41 Å². The molecule has 0 radical (unpaired) electrons. The summed E-state index contributed by atoms with van der Waals surface area (Å²) in [4.78, 5) is 0. The van der Waals surface area contributed by atoms with Crippen LogP contribution in [0, 0.1) is 0 Å². The fourth-order valence-electron chi connectivity index (χ4n) is 4.67. The zero-order valence-corrected chi connectivity index (χ0v) is 17.3. The average Bonchev–Trinajstić information content (AvgIpc) is 2.84. The van der Waals surface area contributed by atoms with E-state index in [-0.39, 0.29) is 5.41 Å². The zero-order chi connectivity index (χ0) is 21.1. The minimum atomic E-state index is -0.311. The lowest BCUT2D eigenvalue weighted by atomic mass is 9.66. The maximum Gasteiger partial charge on any atom is 0.116 e. The summed E-state index contributed by atoms with van der Waals surface area (Å²) in [5.74, 6) is 0.299. The van der Waals surface area contributed by atoms with Crippen LogP contribution >= 0.6 is 0 Å². The van der Waals surface area contributed by atoms with E-state index in [9.17, 15) is 5.11 Å². The molecule has 1 N–H and O–H groups in total. The molecule has 0 heterocycles. The summed E-state index contributed by atoms with van der Waals surface area (Å²) in [5.41, 5.74) is 4.78. The van der Waals surface area contributed by atoms with Crippen LogP contribution in [0.25, 0.3) is 10.8 Å². The van der Waals surface area contributed by atoms with Crippen molar-refractivity contribution in [1.29, 1.82) is 0 Å². The first-order chi connectivity index (χ1) is 15.3. The highest BCUT2D eigenvalue weighted by atomic mass is 16.3. The fraction of sp³-hybridized carbons (Fsp3) is 0.0667. The molecule has 150 valence electrons. The van der Waals surface area contributed by atoms with Crippen molar-refractivity contribution in [2.75, 3.05) is 0 Å². The molecule has 0 bridgehead atoms. The lowest BCUT2D eigenvalue weighted by Gasteiger charge is -2.36. The van der Waals surface area contributed by atoms with Crippen LogP contribution in [0.4, 0.5) is 0 Å². The Morgan fingerprint density at radius 2 is 0.935 bits per heavy atom. The van der Waals surface area contributed by atoms with E-state index in [2.05, 4.69) is 109 Å². The van der Waals surface area contributed by atoms with Crippen LogP contribution in [-0.2, 0) is 11.8 Å². The van der Waals surface area contributed by atoms with E-state index in [0.717, 1.165) is 17.2 Å². The van der Waals surface area contributed by atoms with E-state index in [0.29, 0.717) is 5.75 Å². The summed E-state index contributed by atoms with van der Waals surface area (Å²) >= 11 is 0. The van der Waals surface area contributed by atoms with Gasteiger partial charge in [0.2, 0.25) is 0 Å². The smallest absolute Gasteiger partial charge is 0.116 e. The highest BCUT2D eigenvalue weighted by Crippen LogP contribution is 2.42. The number of phenolic OH excluding ortho intramolecular Hbond substituents is 1. The molecule has 0 saturated heterocycles. The molecule has 0 aliphatic rings. The van der Waals surface area contributed by atoms with Gasteiger partial charge < -0.3 is 5.11 Å². The van der Waals surface area contributed by atoms with E-state index >= 15 is 0 Å². The highest BCUT2D eigenvalue weighted by molar-refractivity contribution is 5.84.